The molecule has 0 aliphatic carbocycles. The Bertz CT molecular complexity index is 1090. The van der Waals surface area contributed by atoms with Crippen LogP contribution in [0.3, 0.4) is 0 Å². The van der Waals surface area contributed by atoms with Crippen LogP contribution in [0.1, 0.15) is 26.3 Å². The van der Waals surface area contributed by atoms with E-state index in [-0.39, 0.29) is 22.8 Å². The number of carbonyl (C=O) groups excluding carboxylic acids is 1. The molecule has 1 aliphatic heterocycles. The number of guanidine groups is 1. The molecule has 0 radical (unpaired) electrons. The first-order valence-electron chi connectivity index (χ1n) is 10.7. The smallest absolute Gasteiger partial charge is 0.414 e. The summed E-state index contributed by atoms with van der Waals surface area (Å²) in [6.45, 7) is 11.6. The van der Waals surface area contributed by atoms with Crippen LogP contribution in [0.2, 0.25) is 18.1 Å². The number of nitrogens with one attached hydrogen (secondary N) is 2. The SMILES string of the molecule is CC(C)(C)[Si](C)(C)ON=C1CN(c2ncc(-c3cccc(COC(=O)NC(=N)N)c3F)cn2)C1. The monoisotopic (exact) mass is 487 g/mol. The summed E-state index contributed by atoms with van der Waals surface area (Å²) in [5.74, 6) is -0.577. The van der Waals surface area contributed by atoms with Crippen molar-refractivity contribution in [1.29, 1.82) is 5.41 Å². The summed E-state index contributed by atoms with van der Waals surface area (Å²) in [7, 11) is -1.95. The maximum Gasteiger partial charge on any atom is 0.414 e. The number of hydrogen-bond donors (Lipinski definition) is 3. The van der Waals surface area contributed by atoms with Crippen molar-refractivity contribution in [3.05, 3.63) is 42.0 Å². The number of carbonyl (C=O) groups is 1. The molecule has 1 saturated heterocycles. The second-order valence-corrected chi connectivity index (χ2v) is 14.2. The van der Waals surface area contributed by atoms with E-state index in [4.69, 9.17) is 20.4 Å². The van der Waals surface area contributed by atoms with Gasteiger partial charge in [-0.1, -0.05) is 39.0 Å². The highest BCUT2D eigenvalue weighted by Crippen LogP contribution is 2.36. The minimum absolute atomic E-state index is 0.0824. The Morgan fingerprint density at radius 1 is 1.29 bits per heavy atom. The van der Waals surface area contributed by atoms with Gasteiger partial charge >= 0.3 is 6.09 Å². The average Bonchev–Trinajstić information content (AvgIpc) is 2.71. The third-order valence-electron chi connectivity index (χ3n) is 5.86. The van der Waals surface area contributed by atoms with Crippen molar-refractivity contribution in [3.8, 4) is 11.1 Å². The minimum atomic E-state index is -1.95. The van der Waals surface area contributed by atoms with Crippen LogP contribution < -0.4 is 16.0 Å². The minimum Gasteiger partial charge on any atom is -0.455 e. The largest absolute Gasteiger partial charge is 0.455 e. The predicted octanol–water partition coefficient (Wildman–Crippen LogP) is 3.60. The molecule has 1 amide bonds. The molecule has 0 atom stereocenters. The summed E-state index contributed by atoms with van der Waals surface area (Å²) in [5, 5.41) is 13.4. The lowest BCUT2D eigenvalue weighted by Crippen LogP contribution is -2.49. The maximum absolute atomic E-state index is 15.0. The van der Waals surface area contributed by atoms with Gasteiger partial charge in [0, 0.05) is 29.1 Å². The summed E-state index contributed by atoms with van der Waals surface area (Å²) >= 11 is 0. The van der Waals surface area contributed by atoms with E-state index >= 15 is 0 Å². The lowest BCUT2D eigenvalue weighted by molar-refractivity contribution is 0.143. The topological polar surface area (TPSA) is 139 Å². The summed E-state index contributed by atoms with van der Waals surface area (Å²) in [5.41, 5.74) is 6.95. The molecule has 1 aliphatic rings. The Labute approximate surface area is 199 Å². The third kappa shape index (κ3) is 5.87. The first-order valence-corrected chi connectivity index (χ1v) is 13.6. The fourth-order valence-corrected chi connectivity index (χ4v) is 3.37. The van der Waals surface area contributed by atoms with E-state index in [0.29, 0.717) is 24.6 Å². The molecule has 2 heterocycles. The van der Waals surface area contributed by atoms with Crippen molar-refractivity contribution in [3.63, 3.8) is 0 Å². The number of aromatic nitrogens is 2. The average molecular weight is 488 g/mol. The van der Waals surface area contributed by atoms with Gasteiger partial charge in [-0.2, -0.15) is 0 Å². The molecular formula is C22H30FN7O3Si. The van der Waals surface area contributed by atoms with Gasteiger partial charge in [0.15, 0.2) is 5.96 Å². The Hall–Kier alpha value is -3.54. The van der Waals surface area contributed by atoms with Crippen LogP contribution in [-0.4, -0.2) is 49.1 Å². The zero-order valence-electron chi connectivity index (χ0n) is 20.0. The van der Waals surface area contributed by atoms with E-state index in [9.17, 15) is 9.18 Å². The number of ether oxygens (including phenoxy) is 1. The fraction of sp³-hybridized carbons (Fsp3) is 0.409. The molecular weight excluding hydrogens is 457 g/mol. The number of rotatable bonds is 6. The summed E-state index contributed by atoms with van der Waals surface area (Å²) in [6, 6.07) is 4.75. The molecule has 12 heteroatoms. The fourth-order valence-electron chi connectivity index (χ4n) is 2.74. The molecule has 34 heavy (non-hydrogen) atoms. The van der Waals surface area contributed by atoms with Crippen molar-refractivity contribution in [2.45, 2.75) is 45.5 Å². The van der Waals surface area contributed by atoms with Gasteiger partial charge in [0.25, 0.3) is 8.32 Å². The molecule has 2 aromatic rings. The molecule has 4 N–H and O–H groups in total. The highest BCUT2D eigenvalue weighted by Gasteiger charge is 2.40. The number of halogens is 1. The van der Waals surface area contributed by atoms with Crippen LogP contribution in [0.25, 0.3) is 11.1 Å². The third-order valence-corrected chi connectivity index (χ3v) is 10.0. The highest BCUT2D eigenvalue weighted by molar-refractivity contribution is 6.74. The molecule has 0 unspecified atom stereocenters. The van der Waals surface area contributed by atoms with Gasteiger partial charge in [-0.15, -0.1) is 5.16 Å². The lowest BCUT2D eigenvalue weighted by atomic mass is 10.1. The number of oxime groups is 1. The zero-order chi connectivity index (χ0) is 25.1. The van der Waals surface area contributed by atoms with E-state index in [0.717, 1.165) is 5.71 Å². The van der Waals surface area contributed by atoms with Crippen LogP contribution in [0.15, 0.2) is 35.7 Å². The number of nitrogens with two attached hydrogens (primary N) is 1. The molecule has 0 spiro atoms. The Morgan fingerprint density at radius 2 is 1.94 bits per heavy atom. The van der Waals surface area contributed by atoms with Gasteiger partial charge in [-0.3, -0.25) is 10.7 Å². The standard InChI is InChI=1S/C22H30FN7O3Si/c1-22(2,3)34(4,5)33-29-16-11-30(12-16)20-26-9-15(10-27-20)17-8-6-7-14(18(17)23)13-32-21(31)28-19(24)25/h6-10H,11-13H2,1-5H3,(H4,24,25,28,31). The predicted molar refractivity (Wildman–Crippen MR) is 131 cm³/mol. The summed E-state index contributed by atoms with van der Waals surface area (Å²) < 4.78 is 25.7. The van der Waals surface area contributed by atoms with E-state index in [1.54, 1.807) is 24.5 Å². The number of amides is 1. The molecule has 3 rings (SSSR count). The van der Waals surface area contributed by atoms with Crippen molar-refractivity contribution < 1.29 is 18.4 Å². The van der Waals surface area contributed by atoms with Crippen LogP contribution in [-0.2, 0) is 15.9 Å². The quantitative estimate of drug-likeness (QED) is 0.245. The highest BCUT2D eigenvalue weighted by atomic mass is 28.4. The summed E-state index contributed by atoms with van der Waals surface area (Å²) in [6.07, 6.45) is 2.17. The van der Waals surface area contributed by atoms with E-state index < -0.39 is 26.2 Å². The number of hydrogen-bond acceptors (Lipinski definition) is 8. The molecule has 1 aromatic heterocycles. The number of alkyl carbamates (subject to hydrolysis) is 1. The van der Waals surface area contributed by atoms with Gasteiger partial charge in [0.05, 0.1) is 18.8 Å². The molecule has 1 fully saturated rings. The molecule has 182 valence electrons. The second kappa shape index (κ2) is 9.75. The first kappa shape index (κ1) is 25.1. The maximum atomic E-state index is 15.0. The van der Waals surface area contributed by atoms with Crippen molar-refractivity contribution in [1.82, 2.24) is 15.3 Å². The molecule has 0 saturated carbocycles. The van der Waals surface area contributed by atoms with Crippen LogP contribution in [0.5, 0.6) is 0 Å². The molecule has 1 aromatic carbocycles. The van der Waals surface area contributed by atoms with Crippen LogP contribution >= 0.6 is 0 Å². The van der Waals surface area contributed by atoms with Gasteiger partial charge in [-0.25, -0.2) is 19.2 Å². The van der Waals surface area contributed by atoms with Crippen molar-refractivity contribution in [2.24, 2.45) is 10.9 Å². The summed E-state index contributed by atoms with van der Waals surface area (Å²) in [4.78, 5) is 22.2. The first-order chi connectivity index (χ1) is 15.9. The van der Waals surface area contributed by atoms with E-state index in [2.05, 4.69) is 49.0 Å². The van der Waals surface area contributed by atoms with Crippen LogP contribution in [0, 0.1) is 11.2 Å². The zero-order valence-corrected chi connectivity index (χ0v) is 21.0. The molecule has 0 bridgehead atoms. The Morgan fingerprint density at radius 3 is 2.53 bits per heavy atom. The number of nitrogens with zero attached hydrogens (tertiary/aromatic N) is 4. The van der Waals surface area contributed by atoms with E-state index in [1.807, 2.05) is 10.2 Å². The number of benzene rings is 1. The number of anilines is 1. The van der Waals surface area contributed by atoms with Crippen LogP contribution in [0.4, 0.5) is 15.1 Å². The van der Waals surface area contributed by atoms with Gasteiger partial charge in [0.1, 0.15) is 12.4 Å². The normalized spacial score (nSPS) is 13.7. The van der Waals surface area contributed by atoms with Crippen molar-refractivity contribution >= 4 is 32.0 Å². The van der Waals surface area contributed by atoms with Gasteiger partial charge in [0.2, 0.25) is 5.95 Å². The Kier molecular flexibility index (Phi) is 7.20. The van der Waals surface area contributed by atoms with E-state index in [1.165, 1.54) is 6.07 Å². The molecule has 10 nitrogen and oxygen atoms in total. The lowest BCUT2D eigenvalue weighted by Gasteiger charge is -2.36. The second-order valence-electron chi connectivity index (χ2n) is 9.53. The Balaban J connectivity index is 1.62. The van der Waals surface area contributed by atoms with Gasteiger partial charge in [-0.05, 0) is 18.1 Å². The van der Waals surface area contributed by atoms with Crippen molar-refractivity contribution in [2.75, 3.05) is 18.0 Å². The van der Waals surface area contributed by atoms with Gasteiger partial charge < -0.3 is 19.9 Å².